The number of aliphatic hydroxyl groups is 1. The van der Waals surface area contributed by atoms with E-state index in [1.807, 2.05) is 24.3 Å². The van der Waals surface area contributed by atoms with E-state index in [-0.39, 0.29) is 13.0 Å². The van der Waals surface area contributed by atoms with Crippen LogP contribution in [0.1, 0.15) is 5.69 Å². The van der Waals surface area contributed by atoms with Gasteiger partial charge in [-0.05, 0) is 12.1 Å². The number of carboxylic acids is 1. The predicted molar refractivity (Wildman–Crippen MR) is 79.5 cm³/mol. The van der Waals surface area contributed by atoms with E-state index in [2.05, 4.69) is 10.3 Å². The predicted octanol–water partition coefficient (Wildman–Crippen LogP) is 1.28. The Balaban J connectivity index is 2.16. The van der Waals surface area contributed by atoms with E-state index >= 15 is 0 Å². The number of pyridine rings is 1. The number of ether oxygens (including phenoxy) is 1. The zero-order chi connectivity index (χ0) is 15.1. The Bertz CT molecular complexity index is 616. The molecule has 0 aliphatic rings. The standard InChI is InChI=1S/C15H18N2O4/c18-6-8-21-7-5-16-14-9-11(10-15(19)20)17-13-4-2-1-3-12(13)14/h1-4,9,18H,5-8,10H2,(H,16,17)(H,19,20). The second kappa shape index (κ2) is 7.56. The maximum absolute atomic E-state index is 10.8. The molecule has 0 fully saturated rings. The Morgan fingerprint density at radius 1 is 1.29 bits per heavy atom. The minimum atomic E-state index is -0.907. The number of anilines is 1. The number of rotatable bonds is 8. The molecule has 1 heterocycles. The van der Waals surface area contributed by atoms with Crippen LogP contribution in [0.4, 0.5) is 5.69 Å². The Labute approximate surface area is 122 Å². The highest BCUT2D eigenvalue weighted by molar-refractivity contribution is 5.91. The Kier molecular flexibility index (Phi) is 5.48. The average molecular weight is 290 g/mol. The summed E-state index contributed by atoms with van der Waals surface area (Å²) < 4.78 is 5.19. The molecule has 0 aliphatic heterocycles. The van der Waals surface area contributed by atoms with E-state index in [1.165, 1.54) is 0 Å². The first-order valence-corrected chi connectivity index (χ1v) is 6.73. The van der Waals surface area contributed by atoms with E-state index in [0.717, 1.165) is 16.6 Å². The van der Waals surface area contributed by atoms with Gasteiger partial charge in [-0.25, -0.2) is 0 Å². The van der Waals surface area contributed by atoms with Crippen LogP contribution in [0.3, 0.4) is 0 Å². The van der Waals surface area contributed by atoms with Gasteiger partial charge in [0.05, 0.1) is 37.5 Å². The molecule has 0 atom stereocenters. The molecule has 1 aromatic heterocycles. The summed E-state index contributed by atoms with van der Waals surface area (Å²) in [5, 5.41) is 21.7. The van der Waals surface area contributed by atoms with Gasteiger partial charge in [-0.15, -0.1) is 0 Å². The van der Waals surface area contributed by atoms with Gasteiger partial charge in [0.25, 0.3) is 0 Å². The van der Waals surface area contributed by atoms with Crippen LogP contribution in [0.25, 0.3) is 10.9 Å². The number of benzene rings is 1. The summed E-state index contributed by atoms with van der Waals surface area (Å²) in [5.74, 6) is -0.907. The number of carbonyl (C=O) groups is 1. The number of aromatic nitrogens is 1. The molecule has 0 saturated heterocycles. The number of aliphatic hydroxyl groups excluding tert-OH is 1. The number of para-hydroxylation sites is 1. The van der Waals surface area contributed by atoms with Crippen molar-refractivity contribution in [3.05, 3.63) is 36.0 Å². The van der Waals surface area contributed by atoms with Gasteiger partial charge < -0.3 is 20.3 Å². The molecule has 1 aromatic carbocycles. The van der Waals surface area contributed by atoms with Crippen molar-refractivity contribution in [2.75, 3.05) is 31.7 Å². The van der Waals surface area contributed by atoms with Crippen LogP contribution in [-0.4, -0.2) is 47.5 Å². The summed E-state index contributed by atoms with van der Waals surface area (Å²) in [5.41, 5.74) is 2.11. The monoisotopic (exact) mass is 290 g/mol. The molecule has 0 amide bonds. The van der Waals surface area contributed by atoms with Crippen LogP contribution in [0.2, 0.25) is 0 Å². The molecular formula is C15H18N2O4. The molecule has 0 spiro atoms. The third-order valence-corrected chi connectivity index (χ3v) is 2.90. The minimum Gasteiger partial charge on any atom is -0.481 e. The third kappa shape index (κ3) is 4.40. The van der Waals surface area contributed by atoms with Crippen molar-refractivity contribution in [1.82, 2.24) is 4.98 Å². The van der Waals surface area contributed by atoms with Crippen molar-refractivity contribution in [1.29, 1.82) is 0 Å². The highest BCUT2D eigenvalue weighted by Crippen LogP contribution is 2.23. The molecule has 2 aromatic rings. The molecule has 2 rings (SSSR count). The zero-order valence-electron chi connectivity index (χ0n) is 11.6. The minimum absolute atomic E-state index is 0.000940. The van der Waals surface area contributed by atoms with E-state index in [1.54, 1.807) is 6.07 Å². The zero-order valence-corrected chi connectivity index (χ0v) is 11.6. The van der Waals surface area contributed by atoms with Crippen LogP contribution in [0, 0.1) is 0 Å². The lowest BCUT2D eigenvalue weighted by Crippen LogP contribution is -2.12. The summed E-state index contributed by atoms with van der Waals surface area (Å²) >= 11 is 0. The highest BCUT2D eigenvalue weighted by Gasteiger charge is 2.08. The summed E-state index contributed by atoms with van der Waals surface area (Å²) in [7, 11) is 0. The second-order valence-electron chi connectivity index (χ2n) is 4.51. The molecule has 3 N–H and O–H groups in total. The van der Waals surface area contributed by atoms with Gasteiger partial charge in [-0.3, -0.25) is 9.78 Å². The third-order valence-electron chi connectivity index (χ3n) is 2.90. The summed E-state index contributed by atoms with van der Waals surface area (Å²) in [6.07, 6.45) is -0.111. The number of hydrogen-bond donors (Lipinski definition) is 3. The lowest BCUT2D eigenvalue weighted by atomic mass is 10.1. The number of hydrogen-bond acceptors (Lipinski definition) is 5. The van der Waals surface area contributed by atoms with E-state index < -0.39 is 5.97 Å². The molecule has 0 bridgehead atoms. The average Bonchev–Trinajstić information content (AvgIpc) is 2.46. The Hall–Kier alpha value is -2.18. The van der Waals surface area contributed by atoms with Gasteiger partial charge in [-0.2, -0.15) is 0 Å². The molecular weight excluding hydrogens is 272 g/mol. The van der Waals surface area contributed by atoms with Crippen LogP contribution in [0.5, 0.6) is 0 Å². The summed E-state index contributed by atoms with van der Waals surface area (Å²) in [6.45, 7) is 1.34. The quantitative estimate of drug-likeness (QED) is 0.634. The van der Waals surface area contributed by atoms with Crippen LogP contribution in [-0.2, 0) is 16.0 Å². The Morgan fingerprint density at radius 3 is 2.86 bits per heavy atom. The molecule has 0 unspecified atom stereocenters. The van der Waals surface area contributed by atoms with E-state index in [4.69, 9.17) is 14.9 Å². The number of aliphatic carboxylic acids is 1. The first-order chi connectivity index (χ1) is 10.2. The largest absolute Gasteiger partial charge is 0.481 e. The van der Waals surface area contributed by atoms with Crippen molar-refractivity contribution in [2.45, 2.75) is 6.42 Å². The molecule has 6 heteroatoms. The highest BCUT2D eigenvalue weighted by atomic mass is 16.5. The van der Waals surface area contributed by atoms with Crippen molar-refractivity contribution in [2.24, 2.45) is 0 Å². The topological polar surface area (TPSA) is 91.7 Å². The lowest BCUT2D eigenvalue weighted by molar-refractivity contribution is -0.136. The van der Waals surface area contributed by atoms with Gasteiger partial charge in [-0.1, -0.05) is 18.2 Å². The molecule has 0 saturated carbocycles. The maximum Gasteiger partial charge on any atom is 0.309 e. The number of nitrogens with one attached hydrogen (secondary N) is 1. The van der Waals surface area contributed by atoms with E-state index in [9.17, 15) is 4.79 Å². The van der Waals surface area contributed by atoms with Gasteiger partial charge in [0.2, 0.25) is 0 Å². The fourth-order valence-electron chi connectivity index (χ4n) is 2.05. The normalized spacial score (nSPS) is 10.7. The number of carboxylic acid groups (broad SMARTS) is 1. The SMILES string of the molecule is O=C(O)Cc1cc(NCCOCCO)c2ccccc2n1. The summed E-state index contributed by atoms with van der Waals surface area (Å²) in [6, 6.07) is 9.32. The molecule has 0 radical (unpaired) electrons. The van der Waals surface area contributed by atoms with Gasteiger partial charge >= 0.3 is 5.97 Å². The van der Waals surface area contributed by atoms with Crippen LogP contribution in [0.15, 0.2) is 30.3 Å². The van der Waals surface area contributed by atoms with E-state index in [0.29, 0.717) is 25.5 Å². The van der Waals surface area contributed by atoms with Crippen molar-refractivity contribution >= 4 is 22.6 Å². The van der Waals surface area contributed by atoms with Crippen LogP contribution >= 0.6 is 0 Å². The first kappa shape index (κ1) is 15.2. The fourth-order valence-corrected chi connectivity index (χ4v) is 2.05. The fraction of sp³-hybridized carbons (Fsp3) is 0.333. The number of fused-ring (bicyclic) bond motifs is 1. The smallest absolute Gasteiger partial charge is 0.309 e. The maximum atomic E-state index is 10.8. The van der Waals surface area contributed by atoms with Crippen LogP contribution < -0.4 is 5.32 Å². The second-order valence-corrected chi connectivity index (χ2v) is 4.51. The lowest BCUT2D eigenvalue weighted by Gasteiger charge is -2.11. The van der Waals surface area contributed by atoms with Crippen molar-refractivity contribution in [3.8, 4) is 0 Å². The summed E-state index contributed by atoms with van der Waals surface area (Å²) in [4.78, 5) is 15.2. The molecule has 6 nitrogen and oxygen atoms in total. The van der Waals surface area contributed by atoms with Gasteiger partial charge in [0.15, 0.2) is 0 Å². The molecule has 0 aliphatic carbocycles. The van der Waals surface area contributed by atoms with Gasteiger partial charge in [0.1, 0.15) is 0 Å². The molecule has 112 valence electrons. The number of nitrogens with zero attached hydrogens (tertiary/aromatic N) is 1. The van der Waals surface area contributed by atoms with Crippen molar-refractivity contribution < 1.29 is 19.7 Å². The van der Waals surface area contributed by atoms with Crippen molar-refractivity contribution in [3.63, 3.8) is 0 Å². The van der Waals surface area contributed by atoms with Gasteiger partial charge in [0, 0.05) is 17.6 Å². The Morgan fingerprint density at radius 2 is 2.10 bits per heavy atom. The first-order valence-electron chi connectivity index (χ1n) is 6.73. The molecule has 21 heavy (non-hydrogen) atoms.